The van der Waals surface area contributed by atoms with Crippen molar-refractivity contribution in [2.75, 3.05) is 5.32 Å². The number of carbonyl (C=O) groups excluding carboxylic acids is 1. The minimum atomic E-state index is -0.785. The molecular weight excluding hydrogens is 414 g/mol. The Hall–Kier alpha value is -2.40. The van der Waals surface area contributed by atoms with Crippen molar-refractivity contribution in [2.24, 2.45) is 34.5 Å². The van der Waals surface area contributed by atoms with Gasteiger partial charge in [0, 0.05) is 17.2 Å². The number of anilines is 1. The van der Waals surface area contributed by atoms with Crippen LogP contribution in [0.4, 0.5) is 5.69 Å². The fourth-order valence-corrected chi connectivity index (χ4v) is 7.85. The minimum Gasteiger partial charge on any atom is -0.478 e. The molecule has 5 nitrogen and oxygen atoms in total. The lowest BCUT2D eigenvalue weighted by atomic mass is 9.48. The zero-order valence-corrected chi connectivity index (χ0v) is 19.6. The summed E-state index contributed by atoms with van der Waals surface area (Å²) in [6.45, 7) is 4.69. The molecule has 4 aliphatic carbocycles. The number of rotatable bonds is 4. The molecule has 2 saturated carbocycles. The summed E-state index contributed by atoms with van der Waals surface area (Å²) in [6.07, 6.45) is 11.0. The van der Waals surface area contributed by atoms with E-state index in [2.05, 4.69) is 25.2 Å². The van der Waals surface area contributed by atoms with Gasteiger partial charge in [0.05, 0.1) is 6.61 Å². The first-order valence-corrected chi connectivity index (χ1v) is 12.4. The molecule has 0 aromatic heterocycles. The van der Waals surface area contributed by atoms with Crippen LogP contribution in [0.2, 0.25) is 0 Å². The van der Waals surface area contributed by atoms with E-state index in [4.69, 9.17) is 0 Å². The van der Waals surface area contributed by atoms with Crippen LogP contribution in [-0.4, -0.2) is 22.1 Å². The van der Waals surface area contributed by atoms with Gasteiger partial charge in [0.15, 0.2) is 0 Å². The molecule has 176 valence electrons. The number of aliphatic carboxylic acids is 1. The fraction of sp³-hybridized carbons (Fsp3) is 0.571. The van der Waals surface area contributed by atoms with Crippen molar-refractivity contribution in [1.82, 2.24) is 0 Å². The standard InChI is InChI=1S/C28H35NO4/c1-27-13-11-18(26(32)33)15-19(27)5-8-21-22-9-10-24(28(22,2)14-12-23(21)27)25(31)29-20-6-3-17(16-30)4-7-20/h3-7,15,21-24,30H,8-14,16H2,1-2H3,(H,29,31)(H,32,33)/t21-,22-,23-,24+,27-,28-/m0/s1. The van der Waals surface area contributed by atoms with Gasteiger partial charge < -0.3 is 15.5 Å². The molecule has 1 aromatic rings. The van der Waals surface area contributed by atoms with Crippen LogP contribution in [0.3, 0.4) is 0 Å². The van der Waals surface area contributed by atoms with Gasteiger partial charge in [0.1, 0.15) is 0 Å². The lowest BCUT2D eigenvalue weighted by molar-refractivity contribution is -0.133. The molecule has 3 N–H and O–H groups in total. The Morgan fingerprint density at radius 3 is 2.52 bits per heavy atom. The third-order valence-electron chi connectivity index (χ3n) is 9.76. The molecule has 33 heavy (non-hydrogen) atoms. The van der Waals surface area contributed by atoms with Gasteiger partial charge in [-0.2, -0.15) is 0 Å². The molecule has 0 spiro atoms. The summed E-state index contributed by atoms with van der Waals surface area (Å²) in [5, 5.41) is 21.9. The van der Waals surface area contributed by atoms with Gasteiger partial charge in [0.25, 0.3) is 0 Å². The van der Waals surface area contributed by atoms with Gasteiger partial charge >= 0.3 is 5.97 Å². The molecule has 1 aromatic carbocycles. The third kappa shape index (κ3) is 3.56. The Morgan fingerprint density at radius 2 is 1.82 bits per heavy atom. The van der Waals surface area contributed by atoms with Gasteiger partial charge in [-0.05, 0) is 103 Å². The molecule has 0 unspecified atom stereocenters. The quantitative estimate of drug-likeness (QED) is 0.581. The molecule has 0 heterocycles. The van der Waals surface area contributed by atoms with Crippen molar-refractivity contribution >= 4 is 17.6 Å². The van der Waals surface area contributed by atoms with E-state index < -0.39 is 5.97 Å². The zero-order chi connectivity index (χ0) is 23.4. The lowest BCUT2D eigenvalue weighted by Crippen LogP contribution is -2.50. The van der Waals surface area contributed by atoms with Crippen LogP contribution in [0.1, 0.15) is 64.4 Å². The Balaban J connectivity index is 1.35. The van der Waals surface area contributed by atoms with E-state index in [1.54, 1.807) is 0 Å². The van der Waals surface area contributed by atoms with E-state index in [1.807, 2.05) is 30.3 Å². The predicted octanol–water partition coefficient (Wildman–Crippen LogP) is 5.32. The van der Waals surface area contributed by atoms with Crippen LogP contribution in [0.25, 0.3) is 0 Å². The number of hydrogen-bond donors (Lipinski definition) is 3. The highest BCUT2D eigenvalue weighted by Gasteiger charge is 2.59. The largest absolute Gasteiger partial charge is 0.478 e. The molecule has 1 amide bonds. The van der Waals surface area contributed by atoms with Crippen molar-refractivity contribution in [1.29, 1.82) is 0 Å². The molecule has 0 radical (unpaired) electrons. The van der Waals surface area contributed by atoms with E-state index in [-0.39, 0.29) is 29.3 Å². The number of carbonyl (C=O) groups is 2. The van der Waals surface area contributed by atoms with Crippen molar-refractivity contribution in [3.63, 3.8) is 0 Å². The Morgan fingerprint density at radius 1 is 1.06 bits per heavy atom. The average Bonchev–Trinajstić information content (AvgIpc) is 3.16. The first-order chi connectivity index (χ1) is 15.8. The minimum absolute atomic E-state index is 0.00164. The first kappa shape index (κ1) is 22.4. The summed E-state index contributed by atoms with van der Waals surface area (Å²) >= 11 is 0. The van der Waals surface area contributed by atoms with Crippen LogP contribution in [0, 0.1) is 34.5 Å². The number of carboxylic acids is 1. The molecule has 6 atom stereocenters. The summed E-state index contributed by atoms with van der Waals surface area (Å²) in [5.74, 6) is 1.02. The van der Waals surface area contributed by atoms with E-state index in [1.165, 1.54) is 5.57 Å². The number of nitrogens with one attached hydrogen (secondary N) is 1. The highest BCUT2D eigenvalue weighted by molar-refractivity contribution is 5.93. The SMILES string of the molecule is C[C@]12CC[C@H]3[C@@H](CC=C4C=C(C(=O)O)CC[C@@]43C)[C@@H]1CC[C@@H]2C(=O)Nc1ccc(CO)cc1. The van der Waals surface area contributed by atoms with Gasteiger partial charge in [-0.25, -0.2) is 4.79 Å². The lowest BCUT2D eigenvalue weighted by Gasteiger charge is -2.56. The maximum atomic E-state index is 13.3. The molecule has 5 rings (SSSR count). The Bertz CT molecular complexity index is 1020. The van der Waals surface area contributed by atoms with Crippen LogP contribution >= 0.6 is 0 Å². The topological polar surface area (TPSA) is 86.6 Å². The maximum absolute atomic E-state index is 13.3. The number of aliphatic hydroxyl groups excluding tert-OH is 1. The number of benzene rings is 1. The molecule has 0 saturated heterocycles. The molecule has 0 bridgehead atoms. The summed E-state index contributed by atoms with van der Waals surface area (Å²) in [6, 6.07) is 7.43. The monoisotopic (exact) mass is 449 g/mol. The summed E-state index contributed by atoms with van der Waals surface area (Å²) in [5.41, 5.74) is 3.47. The second kappa shape index (κ2) is 8.12. The van der Waals surface area contributed by atoms with Gasteiger partial charge in [-0.15, -0.1) is 0 Å². The van der Waals surface area contributed by atoms with E-state index in [0.717, 1.165) is 49.8 Å². The maximum Gasteiger partial charge on any atom is 0.331 e. The van der Waals surface area contributed by atoms with Crippen LogP contribution < -0.4 is 5.32 Å². The van der Waals surface area contributed by atoms with Crippen LogP contribution in [-0.2, 0) is 16.2 Å². The van der Waals surface area contributed by atoms with Crippen molar-refractivity contribution in [3.05, 3.63) is 53.1 Å². The summed E-state index contributed by atoms with van der Waals surface area (Å²) in [4.78, 5) is 24.9. The number of allylic oxidation sites excluding steroid dienone is 3. The first-order valence-electron chi connectivity index (χ1n) is 12.4. The Labute approximate surface area is 196 Å². The zero-order valence-electron chi connectivity index (χ0n) is 19.6. The molecule has 0 aliphatic heterocycles. The smallest absolute Gasteiger partial charge is 0.331 e. The van der Waals surface area contributed by atoms with E-state index >= 15 is 0 Å². The summed E-state index contributed by atoms with van der Waals surface area (Å²) in [7, 11) is 0. The van der Waals surface area contributed by atoms with Crippen molar-refractivity contribution in [2.45, 2.75) is 65.4 Å². The number of fused-ring (bicyclic) bond motifs is 5. The summed E-state index contributed by atoms with van der Waals surface area (Å²) < 4.78 is 0. The van der Waals surface area contributed by atoms with Crippen molar-refractivity contribution in [3.8, 4) is 0 Å². The van der Waals surface area contributed by atoms with Crippen molar-refractivity contribution < 1.29 is 19.8 Å². The van der Waals surface area contributed by atoms with Gasteiger partial charge in [-0.1, -0.05) is 32.1 Å². The number of carboxylic acid groups (broad SMARTS) is 1. The second-order valence-electron chi connectivity index (χ2n) is 11.2. The molecular formula is C28H35NO4. The van der Waals surface area contributed by atoms with E-state index in [0.29, 0.717) is 29.7 Å². The molecule has 4 aliphatic rings. The second-order valence-corrected chi connectivity index (χ2v) is 11.2. The molecule has 2 fully saturated rings. The number of amides is 1. The predicted molar refractivity (Wildman–Crippen MR) is 127 cm³/mol. The Kier molecular flexibility index (Phi) is 5.51. The van der Waals surface area contributed by atoms with Gasteiger partial charge in [-0.3, -0.25) is 4.79 Å². The normalized spacial score (nSPS) is 37.2. The third-order valence-corrected chi connectivity index (χ3v) is 9.76. The average molecular weight is 450 g/mol. The van der Waals surface area contributed by atoms with Crippen LogP contribution in [0.15, 0.2) is 47.6 Å². The number of hydrogen-bond acceptors (Lipinski definition) is 3. The molecule has 5 heteroatoms. The van der Waals surface area contributed by atoms with E-state index in [9.17, 15) is 19.8 Å². The highest BCUT2D eigenvalue weighted by atomic mass is 16.4. The fourth-order valence-electron chi connectivity index (χ4n) is 7.85. The highest BCUT2D eigenvalue weighted by Crippen LogP contribution is 2.66. The van der Waals surface area contributed by atoms with Crippen LogP contribution in [0.5, 0.6) is 0 Å². The van der Waals surface area contributed by atoms with Gasteiger partial charge in [0.2, 0.25) is 5.91 Å². The number of aliphatic hydroxyl groups is 1.